The first kappa shape index (κ1) is 16.6. The van der Waals surface area contributed by atoms with Crippen LogP contribution >= 0.6 is 11.3 Å². The van der Waals surface area contributed by atoms with Crippen LogP contribution < -0.4 is 10.6 Å². The molecule has 0 saturated heterocycles. The lowest BCUT2D eigenvalue weighted by Crippen LogP contribution is -2.34. The zero-order valence-electron chi connectivity index (χ0n) is 13.4. The highest BCUT2D eigenvalue weighted by Crippen LogP contribution is 2.38. The van der Waals surface area contributed by atoms with Crippen LogP contribution in [0.25, 0.3) is 0 Å². The van der Waals surface area contributed by atoms with Crippen molar-refractivity contribution in [2.45, 2.75) is 38.6 Å². The molecule has 126 valence electrons. The van der Waals surface area contributed by atoms with Crippen LogP contribution in [0.4, 0.5) is 9.52 Å². The van der Waals surface area contributed by atoms with Crippen molar-refractivity contribution in [3.63, 3.8) is 0 Å². The minimum Gasteiger partial charge on any atom is -0.353 e. The molecule has 0 aliphatic heterocycles. The Morgan fingerprint density at radius 1 is 1.29 bits per heavy atom. The lowest BCUT2D eigenvalue weighted by molar-refractivity contribution is -0.123. The quantitative estimate of drug-likeness (QED) is 0.893. The van der Waals surface area contributed by atoms with E-state index < -0.39 is 5.82 Å². The van der Waals surface area contributed by atoms with E-state index in [1.165, 1.54) is 35.6 Å². The molecule has 0 bridgehead atoms. The Morgan fingerprint density at radius 2 is 2.00 bits per heavy atom. The summed E-state index contributed by atoms with van der Waals surface area (Å²) in [6.45, 7) is 3.84. The number of carbonyl (C=O) groups is 2. The number of aromatic nitrogens is 1. The molecule has 2 amide bonds. The summed E-state index contributed by atoms with van der Waals surface area (Å²) in [5, 5.41) is 6.10. The van der Waals surface area contributed by atoms with Crippen LogP contribution in [-0.2, 0) is 11.2 Å². The van der Waals surface area contributed by atoms with E-state index in [0.717, 1.165) is 23.4 Å². The number of hydrogen-bond acceptors (Lipinski definition) is 4. The molecule has 1 aliphatic carbocycles. The second kappa shape index (κ2) is 6.68. The van der Waals surface area contributed by atoms with Crippen molar-refractivity contribution in [1.29, 1.82) is 0 Å². The maximum Gasteiger partial charge on any atom is 0.257 e. The summed E-state index contributed by atoms with van der Waals surface area (Å²) in [6, 6.07) is 5.40. The van der Waals surface area contributed by atoms with Crippen molar-refractivity contribution >= 4 is 28.3 Å². The van der Waals surface area contributed by atoms with Crippen LogP contribution in [0.1, 0.15) is 47.1 Å². The fourth-order valence-electron chi connectivity index (χ4n) is 2.69. The lowest BCUT2D eigenvalue weighted by atomic mass is 10.1. The second-order valence-electron chi connectivity index (χ2n) is 6.04. The number of rotatable bonds is 4. The van der Waals surface area contributed by atoms with Gasteiger partial charge in [0.15, 0.2) is 5.13 Å². The van der Waals surface area contributed by atoms with Gasteiger partial charge in [0, 0.05) is 16.5 Å². The van der Waals surface area contributed by atoms with Crippen molar-refractivity contribution in [2.75, 3.05) is 5.32 Å². The molecule has 7 heteroatoms. The number of thiazole rings is 1. The zero-order valence-corrected chi connectivity index (χ0v) is 14.2. The molecule has 1 unspecified atom stereocenters. The number of aryl methyl sites for hydroxylation is 1. The standard InChI is InChI=1S/C17H18FN3O2S/c1-9(2)19-16(23)12-7-8-13-14(12)20-17(24-13)21-15(22)10-3-5-11(18)6-4-10/h3-6,9,12H,7-8H2,1-2H3,(H,19,23)(H,20,21,22). The van der Waals surface area contributed by atoms with Gasteiger partial charge >= 0.3 is 0 Å². The first-order valence-electron chi connectivity index (χ1n) is 7.81. The Bertz CT molecular complexity index is 771. The Balaban J connectivity index is 1.72. The van der Waals surface area contributed by atoms with Crippen molar-refractivity contribution in [2.24, 2.45) is 0 Å². The first-order valence-corrected chi connectivity index (χ1v) is 8.62. The smallest absolute Gasteiger partial charge is 0.257 e. The number of benzene rings is 1. The van der Waals surface area contributed by atoms with Gasteiger partial charge in [-0.25, -0.2) is 9.37 Å². The summed E-state index contributed by atoms with van der Waals surface area (Å²) >= 11 is 1.39. The average molecular weight is 347 g/mol. The fraction of sp³-hybridized carbons (Fsp3) is 0.353. The summed E-state index contributed by atoms with van der Waals surface area (Å²) in [4.78, 5) is 29.9. The maximum absolute atomic E-state index is 12.9. The van der Waals surface area contributed by atoms with Crippen LogP contribution in [0, 0.1) is 5.82 Å². The summed E-state index contributed by atoms with van der Waals surface area (Å²) in [7, 11) is 0. The SMILES string of the molecule is CC(C)NC(=O)C1CCc2sc(NC(=O)c3ccc(F)cc3)nc21. The van der Waals surface area contributed by atoms with Gasteiger partial charge in [0.2, 0.25) is 5.91 Å². The van der Waals surface area contributed by atoms with Gasteiger partial charge < -0.3 is 5.32 Å². The number of amides is 2. The highest BCUT2D eigenvalue weighted by molar-refractivity contribution is 7.16. The highest BCUT2D eigenvalue weighted by atomic mass is 32.1. The lowest BCUT2D eigenvalue weighted by Gasteiger charge is -2.13. The van der Waals surface area contributed by atoms with Gasteiger partial charge in [-0.1, -0.05) is 0 Å². The molecule has 1 aromatic carbocycles. The molecule has 1 aromatic heterocycles. The summed E-state index contributed by atoms with van der Waals surface area (Å²) in [6.07, 6.45) is 1.54. The molecule has 0 saturated carbocycles. The summed E-state index contributed by atoms with van der Waals surface area (Å²) in [5.74, 6) is -1.01. The van der Waals surface area contributed by atoms with Gasteiger partial charge in [0.25, 0.3) is 5.91 Å². The van der Waals surface area contributed by atoms with Gasteiger partial charge in [-0.05, 0) is 51.0 Å². The normalized spacial score (nSPS) is 16.1. The minimum absolute atomic E-state index is 0.0227. The number of nitrogens with zero attached hydrogens (tertiary/aromatic N) is 1. The van der Waals surface area contributed by atoms with Crippen molar-refractivity contribution in [1.82, 2.24) is 10.3 Å². The van der Waals surface area contributed by atoms with E-state index in [1.54, 1.807) is 0 Å². The minimum atomic E-state index is -0.390. The third-order valence-corrected chi connectivity index (χ3v) is 4.84. The van der Waals surface area contributed by atoms with E-state index in [-0.39, 0.29) is 23.8 Å². The molecule has 1 heterocycles. The molecule has 2 aromatic rings. The predicted octanol–water partition coefficient (Wildman–Crippen LogP) is 3.09. The van der Waals surface area contributed by atoms with Crippen LogP contribution in [-0.4, -0.2) is 22.8 Å². The van der Waals surface area contributed by atoms with Crippen molar-refractivity contribution in [3.8, 4) is 0 Å². The highest BCUT2D eigenvalue weighted by Gasteiger charge is 2.33. The number of halogens is 1. The molecule has 1 aliphatic rings. The van der Waals surface area contributed by atoms with Gasteiger partial charge in [0.05, 0.1) is 11.6 Å². The summed E-state index contributed by atoms with van der Waals surface area (Å²) < 4.78 is 12.9. The monoisotopic (exact) mass is 347 g/mol. The summed E-state index contributed by atoms with van der Waals surface area (Å²) in [5.41, 5.74) is 1.12. The van der Waals surface area contributed by atoms with E-state index >= 15 is 0 Å². The second-order valence-corrected chi connectivity index (χ2v) is 7.13. The number of anilines is 1. The molecule has 0 spiro atoms. The van der Waals surface area contributed by atoms with Gasteiger partial charge in [-0.3, -0.25) is 14.9 Å². The fourth-order valence-corrected chi connectivity index (χ4v) is 3.72. The molecule has 0 radical (unpaired) electrons. The van der Waals surface area contributed by atoms with E-state index in [0.29, 0.717) is 10.7 Å². The number of hydrogen-bond donors (Lipinski definition) is 2. The van der Waals surface area contributed by atoms with E-state index in [1.807, 2.05) is 13.8 Å². The number of carbonyl (C=O) groups excluding carboxylic acids is 2. The topological polar surface area (TPSA) is 71.1 Å². The predicted molar refractivity (Wildman–Crippen MR) is 90.8 cm³/mol. The number of fused-ring (bicyclic) bond motifs is 1. The third-order valence-electron chi connectivity index (χ3n) is 3.79. The largest absolute Gasteiger partial charge is 0.353 e. The maximum atomic E-state index is 12.9. The molecule has 5 nitrogen and oxygen atoms in total. The molecule has 0 fully saturated rings. The molecular weight excluding hydrogens is 329 g/mol. The van der Waals surface area contributed by atoms with E-state index in [2.05, 4.69) is 15.6 Å². The molecular formula is C17H18FN3O2S. The Labute approximate surface area is 143 Å². The molecule has 3 rings (SSSR count). The Morgan fingerprint density at radius 3 is 2.67 bits per heavy atom. The zero-order chi connectivity index (χ0) is 17.3. The molecule has 24 heavy (non-hydrogen) atoms. The van der Waals surface area contributed by atoms with E-state index in [9.17, 15) is 14.0 Å². The van der Waals surface area contributed by atoms with Gasteiger partial charge in [-0.15, -0.1) is 11.3 Å². The van der Waals surface area contributed by atoms with Crippen LogP contribution in [0.15, 0.2) is 24.3 Å². The van der Waals surface area contributed by atoms with Crippen molar-refractivity contribution < 1.29 is 14.0 Å². The Kier molecular flexibility index (Phi) is 4.62. The third kappa shape index (κ3) is 3.46. The van der Waals surface area contributed by atoms with Gasteiger partial charge in [-0.2, -0.15) is 0 Å². The molecule has 1 atom stereocenters. The van der Waals surface area contributed by atoms with Crippen LogP contribution in [0.3, 0.4) is 0 Å². The average Bonchev–Trinajstić information content (AvgIpc) is 3.06. The Hall–Kier alpha value is -2.28. The van der Waals surface area contributed by atoms with Crippen molar-refractivity contribution in [3.05, 3.63) is 46.2 Å². The van der Waals surface area contributed by atoms with Crippen LogP contribution in [0.2, 0.25) is 0 Å². The van der Waals surface area contributed by atoms with E-state index in [4.69, 9.17) is 0 Å². The number of nitrogens with one attached hydrogen (secondary N) is 2. The van der Waals surface area contributed by atoms with Gasteiger partial charge in [0.1, 0.15) is 5.82 Å². The van der Waals surface area contributed by atoms with Crippen LogP contribution in [0.5, 0.6) is 0 Å². The first-order chi connectivity index (χ1) is 11.4. The molecule has 2 N–H and O–H groups in total.